The van der Waals surface area contributed by atoms with Gasteiger partial charge in [0.05, 0.1) is 6.61 Å². The average molecular weight is 445 g/mol. The molecule has 0 aliphatic heterocycles. The Hall–Kier alpha value is -2.43. The van der Waals surface area contributed by atoms with Gasteiger partial charge in [-0.05, 0) is 73.3 Å². The van der Waals surface area contributed by atoms with Crippen molar-refractivity contribution < 1.29 is 23.0 Å². The zero-order chi connectivity index (χ0) is 22.9. The minimum atomic E-state index is -1.50. The summed E-state index contributed by atoms with van der Waals surface area (Å²) in [6, 6.07) is 13.3. The van der Waals surface area contributed by atoms with Crippen LogP contribution in [-0.2, 0) is 9.53 Å². The number of alkyl halides is 1. The van der Waals surface area contributed by atoms with Crippen LogP contribution in [0.2, 0.25) is 0 Å². The van der Waals surface area contributed by atoms with Gasteiger partial charge in [-0.15, -0.1) is 0 Å². The summed E-state index contributed by atoms with van der Waals surface area (Å²) in [5.74, 6) is -0.376. The highest BCUT2D eigenvalue weighted by Crippen LogP contribution is 2.35. The molecule has 1 saturated carbocycles. The highest BCUT2D eigenvalue weighted by atomic mass is 19.1. The lowest BCUT2D eigenvalue weighted by Crippen LogP contribution is -2.28. The van der Waals surface area contributed by atoms with Crippen LogP contribution >= 0.6 is 0 Å². The second kappa shape index (κ2) is 12.0. The van der Waals surface area contributed by atoms with E-state index in [1.54, 1.807) is 6.07 Å². The predicted molar refractivity (Wildman–Crippen MR) is 123 cm³/mol. The maximum atomic E-state index is 14.3. The molecule has 0 amide bonds. The number of carbonyl (C=O) groups excluding carboxylic acids is 1. The van der Waals surface area contributed by atoms with Crippen LogP contribution in [0.3, 0.4) is 0 Å². The number of halogens is 2. The summed E-state index contributed by atoms with van der Waals surface area (Å²) < 4.78 is 38.9. The molecule has 1 aliphatic carbocycles. The first-order valence-corrected chi connectivity index (χ1v) is 11.9. The van der Waals surface area contributed by atoms with Gasteiger partial charge in [0, 0.05) is 0 Å². The van der Waals surface area contributed by atoms with Gasteiger partial charge in [-0.2, -0.15) is 0 Å². The fraction of sp³-hybridized carbons (Fsp3) is 0.519. The van der Waals surface area contributed by atoms with Gasteiger partial charge in [0.15, 0.2) is 17.7 Å². The Morgan fingerprint density at radius 2 is 1.69 bits per heavy atom. The molecule has 0 radical (unpaired) electrons. The number of ether oxygens (including phenoxy) is 2. The summed E-state index contributed by atoms with van der Waals surface area (Å²) >= 11 is 0. The lowest BCUT2D eigenvalue weighted by molar-refractivity contribution is -0.157. The molecular formula is C27H34F2O3. The maximum absolute atomic E-state index is 14.3. The molecule has 0 unspecified atom stereocenters. The van der Waals surface area contributed by atoms with Crippen LogP contribution in [0.1, 0.15) is 76.7 Å². The van der Waals surface area contributed by atoms with Gasteiger partial charge >= 0.3 is 5.97 Å². The summed E-state index contributed by atoms with van der Waals surface area (Å²) in [6.45, 7) is 4.46. The van der Waals surface area contributed by atoms with Gasteiger partial charge in [0.25, 0.3) is 0 Å². The maximum Gasteiger partial charge on any atom is 0.340 e. The smallest absolute Gasteiger partial charge is 0.340 e. The SMILES string of the molecule is CCCC[C@H](F)C(=O)OC1CCC(c2ccc(-c3ccc(OCCC)c(F)c3)cc2)CC1. The molecule has 2 aromatic carbocycles. The summed E-state index contributed by atoms with van der Waals surface area (Å²) in [7, 11) is 0. The number of rotatable bonds is 10. The normalized spacial score (nSPS) is 19.4. The van der Waals surface area contributed by atoms with Crippen molar-refractivity contribution in [1.29, 1.82) is 0 Å². The van der Waals surface area contributed by atoms with Gasteiger partial charge in [0.1, 0.15) is 6.10 Å². The lowest BCUT2D eigenvalue weighted by Gasteiger charge is -2.29. The van der Waals surface area contributed by atoms with E-state index in [0.29, 0.717) is 18.9 Å². The molecule has 2 aromatic rings. The molecule has 3 nitrogen and oxygen atoms in total. The van der Waals surface area contributed by atoms with Gasteiger partial charge in [-0.1, -0.05) is 57.0 Å². The van der Waals surface area contributed by atoms with Crippen molar-refractivity contribution in [2.24, 2.45) is 0 Å². The monoisotopic (exact) mass is 444 g/mol. The van der Waals surface area contributed by atoms with Gasteiger partial charge in [0.2, 0.25) is 0 Å². The van der Waals surface area contributed by atoms with E-state index < -0.39 is 12.1 Å². The van der Waals surface area contributed by atoms with E-state index >= 15 is 0 Å². The fourth-order valence-electron chi connectivity index (χ4n) is 4.21. The molecule has 1 aliphatic rings. The molecule has 0 aromatic heterocycles. The van der Waals surface area contributed by atoms with Crippen LogP contribution in [-0.4, -0.2) is 24.9 Å². The Kier molecular flexibility index (Phi) is 9.07. The topological polar surface area (TPSA) is 35.5 Å². The second-order valence-electron chi connectivity index (χ2n) is 8.64. The summed E-state index contributed by atoms with van der Waals surface area (Å²) in [5.41, 5.74) is 3.00. The molecule has 3 rings (SSSR count). The second-order valence-corrected chi connectivity index (χ2v) is 8.64. The Labute approximate surface area is 190 Å². The Morgan fingerprint density at radius 3 is 2.31 bits per heavy atom. The Bertz CT molecular complexity index is 858. The molecule has 1 fully saturated rings. The Balaban J connectivity index is 1.53. The van der Waals surface area contributed by atoms with Crippen molar-refractivity contribution in [2.75, 3.05) is 6.61 Å². The van der Waals surface area contributed by atoms with E-state index in [0.717, 1.165) is 49.7 Å². The minimum absolute atomic E-state index is 0.186. The standard InChI is InChI=1S/C27H34F2O3/c1-3-5-6-24(28)27(30)32-23-14-11-20(12-15-23)19-7-9-21(10-8-19)22-13-16-26(25(29)18-22)31-17-4-2/h7-10,13,16,18,20,23-24H,3-6,11-12,14-15,17H2,1-2H3/t20?,23?,24-/m0/s1. The van der Waals surface area contributed by atoms with Crippen LogP contribution in [0.4, 0.5) is 8.78 Å². The number of esters is 1. The zero-order valence-corrected chi connectivity index (χ0v) is 19.1. The van der Waals surface area contributed by atoms with Crippen LogP contribution < -0.4 is 4.74 Å². The average Bonchev–Trinajstić information content (AvgIpc) is 2.82. The van der Waals surface area contributed by atoms with Gasteiger partial charge in [-0.25, -0.2) is 13.6 Å². The third kappa shape index (κ3) is 6.54. The molecule has 0 bridgehead atoms. The van der Waals surface area contributed by atoms with Crippen LogP contribution in [0.5, 0.6) is 5.75 Å². The van der Waals surface area contributed by atoms with E-state index in [1.165, 1.54) is 11.6 Å². The Morgan fingerprint density at radius 1 is 1.00 bits per heavy atom. The van der Waals surface area contributed by atoms with Crippen LogP contribution in [0.25, 0.3) is 11.1 Å². The minimum Gasteiger partial charge on any atom is -0.491 e. The summed E-state index contributed by atoms with van der Waals surface area (Å²) in [5, 5.41) is 0. The quantitative estimate of drug-likeness (QED) is 0.359. The van der Waals surface area contributed by atoms with E-state index in [1.807, 2.05) is 32.0 Å². The highest BCUT2D eigenvalue weighted by molar-refractivity contribution is 5.74. The van der Waals surface area contributed by atoms with E-state index in [4.69, 9.17) is 9.47 Å². The molecule has 32 heavy (non-hydrogen) atoms. The van der Waals surface area contributed by atoms with E-state index in [2.05, 4.69) is 12.1 Å². The molecular weight excluding hydrogens is 410 g/mol. The highest BCUT2D eigenvalue weighted by Gasteiger charge is 2.27. The lowest BCUT2D eigenvalue weighted by atomic mass is 9.82. The first-order chi connectivity index (χ1) is 15.5. The van der Waals surface area contributed by atoms with E-state index in [9.17, 15) is 13.6 Å². The molecule has 0 heterocycles. The molecule has 0 spiro atoms. The third-order valence-corrected chi connectivity index (χ3v) is 6.13. The number of unbranched alkanes of at least 4 members (excludes halogenated alkanes) is 1. The molecule has 0 N–H and O–H groups in total. The third-order valence-electron chi connectivity index (χ3n) is 6.13. The van der Waals surface area contributed by atoms with Crippen LogP contribution in [0.15, 0.2) is 42.5 Å². The zero-order valence-electron chi connectivity index (χ0n) is 19.1. The van der Waals surface area contributed by atoms with Crippen molar-refractivity contribution in [3.8, 4) is 16.9 Å². The molecule has 5 heteroatoms. The summed E-state index contributed by atoms with van der Waals surface area (Å²) in [6.07, 6.45) is 4.27. The number of hydrogen-bond acceptors (Lipinski definition) is 3. The predicted octanol–water partition coefficient (Wildman–Crippen LogP) is 7.38. The van der Waals surface area contributed by atoms with Crippen LogP contribution in [0, 0.1) is 5.82 Å². The van der Waals surface area contributed by atoms with Crippen molar-refractivity contribution in [3.05, 3.63) is 53.8 Å². The largest absolute Gasteiger partial charge is 0.491 e. The molecule has 174 valence electrons. The van der Waals surface area contributed by atoms with Crippen molar-refractivity contribution >= 4 is 5.97 Å². The number of hydrogen-bond donors (Lipinski definition) is 0. The fourth-order valence-corrected chi connectivity index (χ4v) is 4.21. The van der Waals surface area contributed by atoms with Crippen molar-refractivity contribution in [3.63, 3.8) is 0 Å². The summed E-state index contributed by atoms with van der Waals surface area (Å²) in [4.78, 5) is 11.9. The number of benzene rings is 2. The van der Waals surface area contributed by atoms with Crippen molar-refractivity contribution in [1.82, 2.24) is 0 Å². The first kappa shape index (κ1) is 24.2. The van der Waals surface area contributed by atoms with Gasteiger partial charge < -0.3 is 9.47 Å². The molecule has 1 atom stereocenters. The molecule has 0 saturated heterocycles. The number of carbonyl (C=O) groups is 1. The van der Waals surface area contributed by atoms with Crippen molar-refractivity contribution in [2.45, 2.75) is 83.4 Å². The van der Waals surface area contributed by atoms with Gasteiger partial charge in [-0.3, -0.25) is 0 Å². The first-order valence-electron chi connectivity index (χ1n) is 11.9. The van der Waals surface area contributed by atoms with E-state index in [-0.39, 0.29) is 24.1 Å².